The molecule has 4 aromatic rings. The van der Waals surface area contributed by atoms with Crippen LogP contribution in [-0.2, 0) is 4.12 Å². The summed E-state index contributed by atoms with van der Waals surface area (Å²) >= 11 is 0. The lowest BCUT2D eigenvalue weighted by Gasteiger charge is -2.37. The van der Waals surface area contributed by atoms with Gasteiger partial charge in [-0.1, -0.05) is 121 Å². The molecule has 0 atom stereocenters. The molecule has 4 rings (SSSR count). The van der Waals surface area contributed by atoms with E-state index < -0.39 is 17.4 Å². The minimum Gasteiger partial charge on any atom is -0.444 e. The van der Waals surface area contributed by atoms with E-state index in [1.165, 1.54) is 20.7 Å². The van der Waals surface area contributed by atoms with E-state index in [4.69, 9.17) is 9.85 Å². The monoisotopic (exact) mass is 439 g/mol. The molecule has 0 spiro atoms. The normalized spacial score (nSPS) is 11.5. The Kier molecular flexibility index (Phi) is 7.28. The molecule has 0 aliphatic heterocycles. The molecule has 0 saturated heterocycles. The van der Waals surface area contributed by atoms with Crippen LogP contribution >= 0.6 is 0 Å². The maximum absolute atomic E-state index is 7.51. The Labute approximate surface area is 188 Å². The van der Waals surface area contributed by atoms with Gasteiger partial charge in [0.1, 0.15) is 0 Å². The summed E-state index contributed by atoms with van der Waals surface area (Å²) in [7, 11) is -4.45. The largest absolute Gasteiger partial charge is 0.444 e. The number of rotatable bonds is 9. The lowest BCUT2D eigenvalue weighted by atomic mass is 10.4. The van der Waals surface area contributed by atoms with Gasteiger partial charge in [0.15, 0.2) is 0 Å². The van der Waals surface area contributed by atoms with Crippen molar-refractivity contribution in [2.24, 2.45) is 5.73 Å². The van der Waals surface area contributed by atoms with E-state index in [1.807, 2.05) is 0 Å². The SMILES string of the molecule is NCCC[Si](O[SiH](c1ccccc1)c1ccccc1)(c1ccccc1)c1ccccc1. The predicted molar refractivity (Wildman–Crippen MR) is 137 cm³/mol. The molecule has 0 aromatic heterocycles. The quantitative estimate of drug-likeness (QED) is 0.407. The van der Waals surface area contributed by atoms with Crippen molar-refractivity contribution < 1.29 is 4.12 Å². The van der Waals surface area contributed by atoms with Crippen LogP contribution in [0.3, 0.4) is 0 Å². The Morgan fingerprint density at radius 2 is 0.968 bits per heavy atom. The smallest absolute Gasteiger partial charge is 0.245 e. The first-order chi connectivity index (χ1) is 15.3. The third-order valence-corrected chi connectivity index (χ3v) is 13.9. The number of nitrogens with two attached hydrogens (primary N) is 1. The summed E-state index contributed by atoms with van der Waals surface area (Å²) in [4.78, 5) is 0. The van der Waals surface area contributed by atoms with E-state index in [0.717, 1.165) is 12.5 Å². The zero-order valence-corrected chi connectivity index (χ0v) is 19.9. The van der Waals surface area contributed by atoms with Crippen molar-refractivity contribution in [3.05, 3.63) is 121 Å². The lowest BCUT2D eigenvalue weighted by Crippen LogP contribution is -2.66. The molecule has 31 heavy (non-hydrogen) atoms. The van der Waals surface area contributed by atoms with Crippen molar-refractivity contribution in [1.29, 1.82) is 0 Å². The Balaban J connectivity index is 1.89. The summed E-state index contributed by atoms with van der Waals surface area (Å²) < 4.78 is 7.51. The molecule has 4 heteroatoms. The van der Waals surface area contributed by atoms with Gasteiger partial charge in [-0.3, -0.25) is 0 Å². The summed E-state index contributed by atoms with van der Waals surface area (Å²) in [5.41, 5.74) is 6.02. The van der Waals surface area contributed by atoms with Gasteiger partial charge in [0.05, 0.1) is 0 Å². The molecule has 0 amide bonds. The molecule has 0 radical (unpaired) electrons. The van der Waals surface area contributed by atoms with Crippen molar-refractivity contribution in [1.82, 2.24) is 0 Å². The molecule has 0 saturated carbocycles. The Hall–Kier alpha value is -2.77. The van der Waals surface area contributed by atoms with Gasteiger partial charge in [-0.25, -0.2) is 0 Å². The maximum Gasteiger partial charge on any atom is 0.245 e. The molecule has 0 fully saturated rings. The van der Waals surface area contributed by atoms with Crippen LogP contribution in [0.2, 0.25) is 6.04 Å². The Morgan fingerprint density at radius 1 is 0.581 bits per heavy atom. The van der Waals surface area contributed by atoms with Crippen LogP contribution in [0.25, 0.3) is 0 Å². The van der Waals surface area contributed by atoms with Gasteiger partial charge in [0.25, 0.3) is 0 Å². The van der Waals surface area contributed by atoms with Crippen LogP contribution in [0.1, 0.15) is 6.42 Å². The van der Waals surface area contributed by atoms with Crippen LogP contribution in [0, 0.1) is 0 Å². The number of benzene rings is 4. The lowest BCUT2D eigenvalue weighted by molar-refractivity contribution is 0.593. The van der Waals surface area contributed by atoms with Gasteiger partial charge < -0.3 is 9.85 Å². The highest BCUT2D eigenvalue weighted by Gasteiger charge is 2.41. The molecule has 4 aromatic carbocycles. The second kappa shape index (κ2) is 10.5. The summed E-state index contributed by atoms with van der Waals surface area (Å²) in [5.74, 6) is 0. The van der Waals surface area contributed by atoms with E-state index in [0.29, 0.717) is 6.54 Å². The second-order valence-electron chi connectivity index (χ2n) is 7.77. The van der Waals surface area contributed by atoms with E-state index in [2.05, 4.69) is 121 Å². The Morgan fingerprint density at radius 3 is 1.35 bits per heavy atom. The van der Waals surface area contributed by atoms with Crippen molar-refractivity contribution in [2.75, 3.05) is 6.54 Å². The highest BCUT2D eigenvalue weighted by atomic mass is 28.4. The van der Waals surface area contributed by atoms with E-state index in [9.17, 15) is 0 Å². The zero-order chi connectivity index (χ0) is 21.4. The van der Waals surface area contributed by atoms with Crippen molar-refractivity contribution in [3.8, 4) is 0 Å². The minimum absolute atomic E-state index is 0.667. The third-order valence-electron chi connectivity index (χ3n) is 5.74. The number of hydrogen-bond donors (Lipinski definition) is 1. The predicted octanol–water partition coefficient (Wildman–Crippen LogP) is 2.65. The molecule has 0 aliphatic carbocycles. The minimum atomic E-state index is -2.52. The van der Waals surface area contributed by atoms with Crippen LogP contribution in [0.5, 0.6) is 0 Å². The van der Waals surface area contributed by atoms with Crippen LogP contribution in [-0.4, -0.2) is 23.9 Å². The molecular weight excluding hydrogens is 410 g/mol. The summed E-state index contributed by atoms with van der Waals surface area (Å²) in [6, 6.07) is 44.2. The van der Waals surface area contributed by atoms with Crippen LogP contribution in [0.4, 0.5) is 0 Å². The zero-order valence-electron chi connectivity index (χ0n) is 17.7. The summed E-state index contributed by atoms with van der Waals surface area (Å²) in [6.45, 7) is 0.667. The summed E-state index contributed by atoms with van der Waals surface area (Å²) in [5, 5.41) is 5.26. The van der Waals surface area contributed by atoms with Crippen LogP contribution < -0.4 is 26.5 Å². The molecule has 2 nitrogen and oxygen atoms in total. The molecule has 0 heterocycles. The van der Waals surface area contributed by atoms with Gasteiger partial charge in [-0.05, 0) is 39.8 Å². The topological polar surface area (TPSA) is 35.2 Å². The summed E-state index contributed by atoms with van der Waals surface area (Å²) in [6.07, 6.45) is 0.945. The molecular formula is C27H29NOSi2. The number of hydrogen-bond acceptors (Lipinski definition) is 2. The van der Waals surface area contributed by atoms with Crippen LogP contribution in [0.15, 0.2) is 121 Å². The third kappa shape index (κ3) is 4.94. The van der Waals surface area contributed by atoms with Gasteiger partial charge in [-0.2, -0.15) is 0 Å². The van der Waals surface area contributed by atoms with E-state index >= 15 is 0 Å². The fourth-order valence-corrected chi connectivity index (χ4v) is 13.1. The van der Waals surface area contributed by atoms with Gasteiger partial charge >= 0.3 is 0 Å². The molecule has 156 valence electrons. The molecule has 2 N–H and O–H groups in total. The van der Waals surface area contributed by atoms with Crippen molar-refractivity contribution >= 4 is 38.1 Å². The molecule has 0 unspecified atom stereocenters. The van der Waals surface area contributed by atoms with Gasteiger partial charge in [0.2, 0.25) is 17.4 Å². The highest BCUT2D eigenvalue weighted by molar-refractivity contribution is 7.03. The standard InChI is InChI=1S/C27H29NOSi2/c28-22-13-23-31(26-18-9-3-10-19-26,27-20-11-4-12-21-27)29-30(24-14-5-1-6-15-24)25-16-7-2-8-17-25/h1-12,14-21,30H,13,22-23,28H2. The Bertz CT molecular complexity index is 965. The van der Waals surface area contributed by atoms with Gasteiger partial charge in [0, 0.05) is 0 Å². The molecule has 0 aliphatic rings. The van der Waals surface area contributed by atoms with E-state index in [-0.39, 0.29) is 0 Å². The van der Waals surface area contributed by atoms with Crippen molar-refractivity contribution in [3.63, 3.8) is 0 Å². The maximum atomic E-state index is 7.51. The second-order valence-corrected chi connectivity index (χ2v) is 14.1. The van der Waals surface area contributed by atoms with Gasteiger partial charge in [-0.15, -0.1) is 0 Å². The molecule has 0 bridgehead atoms. The first kappa shape index (κ1) is 21.5. The van der Waals surface area contributed by atoms with Crippen molar-refractivity contribution in [2.45, 2.75) is 12.5 Å². The average molecular weight is 440 g/mol. The highest BCUT2D eigenvalue weighted by Crippen LogP contribution is 2.17. The fourth-order valence-electron chi connectivity index (χ4n) is 4.20. The average Bonchev–Trinajstić information content (AvgIpc) is 2.87. The fraction of sp³-hybridized carbons (Fsp3) is 0.111. The first-order valence-corrected chi connectivity index (χ1v) is 14.7. The first-order valence-electron chi connectivity index (χ1n) is 10.9. The van der Waals surface area contributed by atoms with E-state index in [1.54, 1.807) is 0 Å².